The lowest BCUT2D eigenvalue weighted by Crippen LogP contribution is -2.34. The second-order valence-corrected chi connectivity index (χ2v) is 11.0. The maximum atomic E-state index is 13.4. The number of aliphatic imine (C=N–C) groups is 1. The van der Waals surface area contributed by atoms with Crippen molar-refractivity contribution >= 4 is 23.0 Å². The Balaban J connectivity index is 1.69. The first-order valence-corrected chi connectivity index (χ1v) is 13.1. The van der Waals surface area contributed by atoms with Crippen LogP contribution in [0.25, 0.3) is 11.3 Å². The summed E-state index contributed by atoms with van der Waals surface area (Å²) in [5.74, 6) is 0.163. The quantitative estimate of drug-likeness (QED) is 0.187. The molecule has 0 spiro atoms. The molecule has 1 aliphatic rings. The Bertz CT molecular complexity index is 1340. The van der Waals surface area contributed by atoms with Crippen LogP contribution in [0.4, 0.5) is 0 Å². The van der Waals surface area contributed by atoms with E-state index in [-0.39, 0.29) is 17.0 Å². The molecule has 1 amide bonds. The van der Waals surface area contributed by atoms with Gasteiger partial charge in [0.25, 0.3) is 5.91 Å². The molecule has 4 rings (SSSR count). The van der Waals surface area contributed by atoms with Gasteiger partial charge in [0.15, 0.2) is 5.17 Å². The fraction of sp³-hybridized carbons (Fsp3) is 0.357. The van der Waals surface area contributed by atoms with Crippen molar-refractivity contribution in [1.29, 1.82) is 0 Å². The van der Waals surface area contributed by atoms with Crippen molar-refractivity contribution in [1.82, 2.24) is 19.6 Å². The fourth-order valence-corrected chi connectivity index (χ4v) is 4.75. The van der Waals surface area contributed by atoms with Gasteiger partial charge >= 0.3 is 0 Å². The molecule has 0 saturated carbocycles. The average Bonchev–Trinajstić information content (AvgIpc) is 2.87. The van der Waals surface area contributed by atoms with Gasteiger partial charge in [-0.25, -0.2) is 9.97 Å². The third kappa shape index (κ3) is 6.05. The van der Waals surface area contributed by atoms with E-state index in [4.69, 9.17) is 20.2 Å². The van der Waals surface area contributed by atoms with Gasteiger partial charge in [-0.2, -0.15) is 4.99 Å². The van der Waals surface area contributed by atoms with Crippen LogP contribution in [0, 0.1) is 12.3 Å². The van der Waals surface area contributed by atoms with Crippen LogP contribution < -0.4 is 15.2 Å². The predicted molar refractivity (Wildman–Crippen MR) is 151 cm³/mol. The highest BCUT2D eigenvalue weighted by molar-refractivity contribution is 8.12. The Labute approximate surface area is 228 Å². The van der Waals surface area contributed by atoms with Gasteiger partial charge in [-0.3, -0.25) is 14.4 Å². The van der Waals surface area contributed by atoms with Crippen LogP contribution in [0.2, 0.25) is 0 Å². The number of nitrogens with zero attached hydrogens (tertiary/aromatic N) is 4. The Kier molecular flexibility index (Phi) is 8.47. The Morgan fingerprint density at radius 1 is 1.11 bits per heavy atom. The van der Waals surface area contributed by atoms with Crippen LogP contribution in [-0.4, -0.2) is 53.8 Å². The second-order valence-electron chi connectivity index (χ2n) is 10.0. The lowest BCUT2D eigenvalue weighted by Gasteiger charge is -2.36. The van der Waals surface area contributed by atoms with E-state index in [1.165, 1.54) is 0 Å². The molecule has 0 bridgehead atoms. The molecule has 0 aliphatic carbocycles. The highest BCUT2D eigenvalue weighted by Crippen LogP contribution is 2.51. The summed E-state index contributed by atoms with van der Waals surface area (Å²) < 4.78 is 14.7. The number of nitrogens with one attached hydrogen (secondary N) is 1. The average molecular weight is 535 g/mol. The van der Waals surface area contributed by atoms with Crippen LogP contribution in [0.1, 0.15) is 42.1 Å². The van der Waals surface area contributed by atoms with Crippen LogP contribution in [-0.2, 0) is 16.1 Å². The zero-order chi connectivity index (χ0) is 27.4. The van der Waals surface area contributed by atoms with Crippen molar-refractivity contribution in [3.8, 4) is 23.0 Å². The number of fused-ring (bicyclic) bond motifs is 2. The number of amides is 1. The van der Waals surface area contributed by atoms with Crippen molar-refractivity contribution in [3.05, 3.63) is 70.9 Å². The Hall–Kier alpha value is -3.31. The summed E-state index contributed by atoms with van der Waals surface area (Å²) in [4.78, 5) is 29.0. The van der Waals surface area contributed by atoms with Gasteiger partial charge < -0.3 is 15.2 Å². The molecule has 1 aliphatic heterocycles. The van der Waals surface area contributed by atoms with Gasteiger partial charge in [-0.15, -0.1) is 0 Å². The summed E-state index contributed by atoms with van der Waals surface area (Å²) in [6.45, 7) is 6.73. The van der Waals surface area contributed by atoms with Crippen molar-refractivity contribution < 1.29 is 14.3 Å². The van der Waals surface area contributed by atoms with E-state index >= 15 is 0 Å². The van der Waals surface area contributed by atoms with Gasteiger partial charge in [0, 0.05) is 28.3 Å². The molecule has 1 aromatic carbocycles. The van der Waals surface area contributed by atoms with Crippen LogP contribution in [0.15, 0.2) is 53.5 Å². The number of nitrogens with two attached hydrogens (primary N) is 1. The molecule has 200 valence electrons. The summed E-state index contributed by atoms with van der Waals surface area (Å²) in [6, 6.07) is 15.9. The topological polar surface area (TPSA) is 115 Å². The number of ether oxygens (including phenoxy) is 2. The number of pyridine rings is 2. The van der Waals surface area contributed by atoms with E-state index < -0.39 is 5.41 Å². The summed E-state index contributed by atoms with van der Waals surface area (Å²) in [7, 11) is 5.66. The third-order valence-corrected chi connectivity index (χ3v) is 6.80. The van der Waals surface area contributed by atoms with Crippen molar-refractivity contribution in [3.63, 3.8) is 0 Å². The minimum atomic E-state index is -0.944. The van der Waals surface area contributed by atoms with Gasteiger partial charge in [0.2, 0.25) is 11.8 Å². The minimum absolute atomic E-state index is 0.157. The maximum Gasteiger partial charge on any atom is 0.254 e. The first-order chi connectivity index (χ1) is 18.1. The maximum absolute atomic E-state index is 13.4. The summed E-state index contributed by atoms with van der Waals surface area (Å²) >= 11 is 1.10. The first-order valence-electron chi connectivity index (χ1n) is 12.3. The molecular formula is C28H34N6O3S. The molecule has 2 aromatic heterocycles. The minimum Gasteiger partial charge on any atom is -0.420 e. The first kappa shape index (κ1) is 27.7. The number of aryl methyl sites for hydroxylation is 1. The molecule has 0 fully saturated rings. The Morgan fingerprint density at radius 3 is 2.42 bits per heavy atom. The molecule has 0 unspecified atom stereocenters. The zero-order valence-corrected chi connectivity index (χ0v) is 23.4. The number of carbonyl (C=O) groups excluding carboxylic acids is 1. The molecule has 3 aromatic rings. The van der Waals surface area contributed by atoms with E-state index in [9.17, 15) is 4.79 Å². The van der Waals surface area contributed by atoms with Crippen LogP contribution in [0.3, 0.4) is 0 Å². The largest absolute Gasteiger partial charge is 0.420 e. The van der Waals surface area contributed by atoms with Crippen molar-refractivity contribution in [2.24, 2.45) is 16.1 Å². The van der Waals surface area contributed by atoms with Gasteiger partial charge in [0.1, 0.15) is 0 Å². The van der Waals surface area contributed by atoms with Crippen molar-refractivity contribution in [2.75, 3.05) is 27.9 Å². The summed E-state index contributed by atoms with van der Waals surface area (Å²) in [6.07, 6.45) is 0. The van der Waals surface area contributed by atoms with Crippen LogP contribution >= 0.6 is 11.9 Å². The molecule has 0 saturated heterocycles. The van der Waals surface area contributed by atoms with E-state index in [2.05, 4.69) is 14.7 Å². The van der Waals surface area contributed by atoms with E-state index in [0.29, 0.717) is 25.1 Å². The molecule has 1 atom stereocenters. The number of rotatable bonds is 8. The standard InChI is InChI=1S/C28H34N6O3S/c1-17-7-12-20-23(28(2,3)26(35)33-27(29)38-30-4)21-13-14-22(32-25(21)37-24(20)31-17)19-10-8-18(9-11-19)15-36-16-34(5)6/h7-14,23,30H,15-16H2,1-6H3,(H2,29,33,35)/t23-/m0/s1. The fourth-order valence-electron chi connectivity index (χ4n) is 4.41. The number of hydrogen-bond donors (Lipinski definition) is 2. The molecule has 3 N–H and O–H groups in total. The number of amidine groups is 1. The van der Waals surface area contributed by atoms with Gasteiger partial charge in [0.05, 0.1) is 24.4 Å². The summed E-state index contributed by atoms with van der Waals surface area (Å²) in [5.41, 5.74) is 10.2. The number of hydrogen-bond acceptors (Lipinski definition) is 8. The lowest BCUT2D eigenvalue weighted by atomic mass is 9.70. The van der Waals surface area contributed by atoms with E-state index in [0.717, 1.165) is 45.6 Å². The highest BCUT2D eigenvalue weighted by atomic mass is 32.2. The molecule has 10 heteroatoms. The van der Waals surface area contributed by atoms with Gasteiger partial charge in [-0.05, 0) is 57.7 Å². The highest BCUT2D eigenvalue weighted by Gasteiger charge is 2.44. The Morgan fingerprint density at radius 2 is 1.76 bits per heavy atom. The van der Waals surface area contributed by atoms with Crippen LogP contribution in [0.5, 0.6) is 11.8 Å². The molecule has 38 heavy (non-hydrogen) atoms. The normalized spacial score (nSPS) is 15.1. The van der Waals surface area contributed by atoms with E-state index in [1.807, 2.05) is 88.3 Å². The summed E-state index contributed by atoms with van der Waals surface area (Å²) in [5, 5.41) is 0.157. The van der Waals surface area contributed by atoms with Crippen molar-refractivity contribution in [2.45, 2.75) is 33.3 Å². The number of benzene rings is 1. The monoisotopic (exact) mass is 534 g/mol. The molecular weight excluding hydrogens is 500 g/mol. The lowest BCUT2D eigenvalue weighted by molar-refractivity contribution is -0.126. The molecule has 0 radical (unpaired) electrons. The number of carbonyl (C=O) groups is 1. The zero-order valence-electron chi connectivity index (χ0n) is 22.6. The van der Waals surface area contributed by atoms with E-state index in [1.54, 1.807) is 7.05 Å². The molecule has 3 heterocycles. The molecule has 9 nitrogen and oxygen atoms in total. The second kappa shape index (κ2) is 11.6. The van der Waals surface area contributed by atoms with Gasteiger partial charge in [-0.1, -0.05) is 50.2 Å². The third-order valence-electron chi connectivity index (χ3n) is 6.29. The SMILES string of the molecule is CNSC(N)=NC(=O)C(C)(C)[C@H]1c2ccc(C)nc2Oc2nc(-c3ccc(COCN(C)C)cc3)ccc21. The smallest absolute Gasteiger partial charge is 0.254 e. The predicted octanol–water partition coefficient (Wildman–Crippen LogP) is 4.46. The number of aromatic nitrogens is 2.